The zero-order chi connectivity index (χ0) is 14.4. The molecular formula is C16H22N2O2. The van der Waals surface area contributed by atoms with E-state index in [9.17, 15) is 9.59 Å². The molecule has 1 aromatic rings. The maximum Gasteiger partial charge on any atom is 0.246 e. The molecule has 1 saturated heterocycles. The van der Waals surface area contributed by atoms with Crippen molar-refractivity contribution in [1.82, 2.24) is 5.32 Å². The van der Waals surface area contributed by atoms with E-state index in [1.54, 1.807) is 0 Å². The van der Waals surface area contributed by atoms with Gasteiger partial charge in [-0.3, -0.25) is 9.59 Å². The average molecular weight is 274 g/mol. The highest BCUT2D eigenvalue weighted by molar-refractivity contribution is 5.98. The van der Waals surface area contributed by atoms with E-state index in [-0.39, 0.29) is 17.9 Å². The molecule has 2 N–H and O–H groups in total. The molecule has 20 heavy (non-hydrogen) atoms. The average Bonchev–Trinajstić information content (AvgIpc) is 2.88. The second-order valence-electron chi connectivity index (χ2n) is 5.30. The summed E-state index contributed by atoms with van der Waals surface area (Å²) < 4.78 is 0. The molecule has 1 atom stereocenters. The molecule has 2 rings (SSSR count). The number of anilines is 1. The summed E-state index contributed by atoms with van der Waals surface area (Å²) in [5.41, 5.74) is 2.08. The second kappa shape index (κ2) is 7.08. The van der Waals surface area contributed by atoms with Crippen LogP contribution in [0.2, 0.25) is 0 Å². The van der Waals surface area contributed by atoms with Gasteiger partial charge >= 0.3 is 0 Å². The van der Waals surface area contributed by atoms with E-state index in [1.807, 2.05) is 12.1 Å². The first-order valence-electron chi connectivity index (χ1n) is 7.38. The van der Waals surface area contributed by atoms with Gasteiger partial charge in [-0.25, -0.2) is 0 Å². The molecule has 1 heterocycles. The highest BCUT2D eigenvalue weighted by Gasteiger charge is 2.26. The third-order valence-corrected chi connectivity index (χ3v) is 3.60. The molecule has 2 amide bonds. The number of aryl methyl sites for hydroxylation is 1. The number of benzene rings is 1. The molecule has 108 valence electrons. The fourth-order valence-electron chi connectivity index (χ4n) is 2.37. The van der Waals surface area contributed by atoms with E-state index in [4.69, 9.17) is 0 Å². The number of unbranched alkanes of at least 4 members (excludes halogenated alkanes) is 2. The highest BCUT2D eigenvalue weighted by Crippen LogP contribution is 2.14. The van der Waals surface area contributed by atoms with Crippen LogP contribution in [0.15, 0.2) is 24.3 Å². The first-order valence-corrected chi connectivity index (χ1v) is 7.38. The molecule has 4 nitrogen and oxygen atoms in total. The molecule has 4 heteroatoms. The maximum atomic E-state index is 11.9. The fraction of sp³-hybridized carbons (Fsp3) is 0.500. The van der Waals surface area contributed by atoms with Crippen molar-refractivity contribution in [2.24, 2.45) is 0 Å². The molecule has 0 radical (unpaired) electrons. The Balaban J connectivity index is 1.84. The van der Waals surface area contributed by atoms with E-state index in [0.717, 1.165) is 12.1 Å². The van der Waals surface area contributed by atoms with Gasteiger partial charge in [0, 0.05) is 12.1 Å². The van der Waals surface area contributed by atoms with Crippen LogP contribution in [-0.4, -0.2) is 17.9 Å². The van der Waals surface area contributed by atoms with Gasteiger partial charge in [-0.15, -0.1) is 0 Å². The lowest BCUT2D eigenvalue weighted by Crippen LogP contribution is -2.37. The van der Waals surface area contributed by atoms with Gasteiger partial charge in [-0.05, 0) is 37.0 Å². The Bertz CT molecular complexity index is 468. The van der Waals surface area contributed by atoms with E-state index in [2.05, 4.69) is 29.7 Å². The molecule has 1 aliphatic rings. The van der Waals surface area contributed by atoms with Gasteiger partial charge < -0.3 is 10.6 Å². The molecular weight excluding hydrogens is 252 g/mol. The second-order valence-corrected chi connectivity index (χ2v) is 5.30. The Labute approximate surface area is 119 Å². The van der Waals surface area contributed by atoms with Crippen LogP contribution in [0.5, 0.6) is 0 Å². The Morgan fingerprint density at radius 2 is 2.05 bits per heavy atom. The Morgan fingerprint density at radius 1 is 1.30 bits per heavy atom. The topological polar surface area (TPSA) is 58.2 Å². The van der Waals surface area contributed by atoms with Crippen LogP contribution in [0, 0.1) is 0 Å². The summed E-state index contributed by atoms with van der Waals surface area (Å²) in [7, 11) is 0. The van der Waals surface area contributed by atoms with Gasteiger partial charge in [0.2, 0.25) is 11.8 Å². The normalized spacial score (nSPS) is 17.9. The first kappa shape index (κ1) is 14.6. The van der Waals surface area contributed by atoms with Crippen LogP contribution >= 0.6 is 0 Å². The molecule has 1 aromatic carbocycles. The molecule has 0 spiro atoms. The monoisotopic (exact) mass is 274 g/mol. The van der Waals surface area contributed by atoms with Gasteiger partial charge in [0.15, 0.2) is 0 Å². The van der Waals surface area contributed by atoms with Gasteiger partial charge in [0.25, 0.3) is 0 Å². The van der Waals surface area contributed by atoms with Crippen LogP contribution in [0.1, 0.15) is 44.6 Å². The van der Waals surface area contributed by atoms with Gasteiger partial charge in [-0.1, -0.05) is 31.9 Å². The summed E-state index contributed by atoms with van der Waals surface area (Å²) in [6.07, 6.45) is 5.78. The highest BCUT2D eigenvalue weighted by atomic mass is 16.2. The third-order valence-electron chi connectivity index (χ3n) is 3.60. The molecule has 1 aliphatic heterocycles. The van der Waals surface area contributed by atoms with Crippen molar-refractivity contribution in [2.45, 2.75) is 51.5 Å². The number of carbonyl (C=O) groups is 2. The number of hydrogen-bond acceptors (Lipinski definition) is 2. The number of carbonyl (C=O) groups excluding carboxylic acids is 2. The van der Waals surface area contributed by atoms with Gasteiger partial charge in [-0.2, -0.15) is 0 Å². The fourth-order valence-corrected chi connectivity index (χ4v) is 2.37. The summed E-state index contributed by atoms with van der Waals surface area (Å²) in [6, 6.07) is 7.58. The maximum absolute atomic E-state index is 11.9. The Kier molecular flexibility index (Phi) is 5.16. The molecule has 0 aromatic heterocycles. The number of rotatable bonds is 6. The predicted octanol–water partition coefficient (Wildman–Crippen LogP) is 2.64. The summed E-state index contributed by atoms with van der Waals surface area (Å²) in [5.74, 6) is -0.175. The standard InChI is InChI=1S/C16H22N2O2/c1-2-3-4-5-12-6-8-13(9-7-12)17-16(20)14-10-11-15(19)18-14/h6-9,14H,2-5,10-11H2,1H3,(H,17,20)(H,18,19). The van der Waals surface area contributed by atoms with Crippen LogP contribution in [0.3, 0.4) is 0 Å². The molecule has 0 saturated carbocycles. The predicted molar refractivity (Wildman–Crippen MR) is 79.5 cm³/mol. The lowest BCUT2D eigenvalue weighted by Gasteiger charge is -2.11. The minimum absolute atomic E-state index is 0.0450. The van der Waals surface area contributed by atoms with Crippen molar-refractivity contribution >= 4 is 17.5 Å². The molecule has 0 aliphatic carbocycles. The largest absolute Gasteiger partial charge is 0.344 e. The molecule has 1 unspecified atom stereocenters. The quantitative estimate of drug-likeness (QED) is 0.783. The number of hydrogen-bond donors (Lipinski definition) is 2. The smallest absolute Gasteiger partial charge is 0.246 e. The van der Waals surface area contributed by atoms with Crippen molar-refractivity contribution in [1.29, 1.82) is 0 Å². The summed E-state index contributed by atoms with van der Waals surface area (Å²) >= 11 is 0. The van der Waals surface area contributed by atoms with E-state index in [1.165, 1.54) is 24.8 Å². The van der Waals surface area contributed by atoms with Crippen LogP contribution in [0.25, 0.3) is 0 Å². The van der Waals surface area contributed by atoms with Crippen molar-refractivity contribution in [2.75, 3.05) is 5.32 Å². The lowest BCUT2D eigenvalue weighted by molar-refractivity contribution is -0.122. The SMILES string of the molecule is CCCCCc1ccc(NC(=O)C2CCC(=O)N2)cc1. The third kappa shape index (κ3) is 4.08. The minimum Gasteiger partial charge on any atom is -0.344 e. The van der Waals surface area contributed by atoms with Crippen molar-refractivity contribution in [3.05, 3.63) is 29.8 Å². The van der Waals surface area contributed by atoms with Crippen LogP contribution in [-0.2, 0) is 16.0 Å². The number of nitrogens with one attached hydrogen (secondary N) is 2. The first-order chi connectivity index (χ1) is 9.69. The van der Waals surface area contributed by atoms with Crippen molar-refractivity contribution in [3.8, 4) is 0 Å². The Hall–Kier alpha value is -1.84. The van der Waals surface area contributed by atoms with Crippen LogP contribution < -0.4 is 10.6 Å². The Morgan fingerprint density at radius 3 is 2.65 bits per heavy atom. The summed E-state index contributed by atoms with van der Waals surface area (Å²) in [5, 5.41) is 5.51. The minimum atomic E-state index is -0.383. The zero-order valence-corrected chi connectivity index (χ0v) is 11.9. The molecule has 1 fully saturated rings. The van der Waals surface area contributed by atoms with Crippen molar-refractivity contribution in [3.63, 3.8) is 0 Å². The van der Waals surface area contributed by atoms with E-state index >= 15 is 0 Å². The van der Waals surface area contributed by atoms with Crippen molar-refractivity contribution < 1.29 is 9.59 Å². The van der Waals surface area contributed by atoms with Crippen LogP contribution in [0.4, 0.5) is 5.69 Å². The van der Waals surface area contributed by atoms with Gasteiger partial charge in [0.05, 0.1) is 0 Å². The summed E-state index contributed by atoms with van der Waals surface area (Å²) in [6.45, 7) is 2.19. The summed E-state index contributed by atoms with van der Waals surface area (Å²) in [4.78, 5) is 23.0. The van der Waals surface area contributed by atoms with E-state index in [0.29, 0.717) is 12.8 Å². The zero-order valence-electron chi connectivity index (χ0n) is 11.9. The van der Waals surface area contributed by atoms with Gasteiger partial charge in [0.1, 0.15) is 6.04 Å². The number of amides is 2. The molecule has 0 bridgehead atoms. The lowest BCUT2D eigenvalue weighted by atomic mass is 10.1. The van der Waals surface area contributed by atoms with E-state index < -0.39 is 0 Å².